The third-order valence-corrected chi connectivity index (χ3v) is 5.05. The first kappa shape index (κ1) is 17.1. The molecule has 1 fully saturated rings. The fourth-order valence-corrected chi connectivity index (χ4v) is 4.04. The van der Waals surface area contributed by atoms with E-state index in [0.29, 0.717) is 6.54 Å². The van der Waals surface area contributed by atoms with Gasteiger partial charge in [0, 0.05) is 26.2 Å². The molecular formula is C10H23ClN2O3S. The minimum Gasteiger partial charge on any atom is -0.381 e. The fourth-order valence-electron chi connectivity index (χ4n) is 2.08. The van der Waals surface area contributed by atoms with Gasteiger partial charge in [-0.2, -0.15) is 4.31 Å². The maximum Gasteiger partial charge on any atom is 0.216 e. The summed E-state index contributed by atoms with van der Waals surface area (Å²) in [4.78, 5) is 0. The van der Waals surface area contributed by atoms with E-state index in [1.54, 1.807) is 11.2 Å². The fraction of sp³-hybridized carbons (Fsp3) is 1.00. The van der Waals surface area contributed by atoms with Gasteiger partial charge in [-0.05, 0) is 26.8 Å². The molecule has 0 spiro atoms. The van der Waals surface area contributed by atoms with Crippen LogP contribution in [0.25, 0.3) is 0 Å². The summed E-state index contributed by atoms with van der Waals surface area (Å²) in [6.45, 7) is 3.15. The van der Waals surface area contributed by atoms with Crippen LogP contribution in [-0.4, -0.2) is 57.9 Å². The largest absolute Gasteiger partial charge is 0.381 e. The maximum atomic E-state index is 12.1. The molecule has 7 heteroatoms. The van der Waals surface area contributed by atoms with Crippen LogP contribution in [0.5, 0.6) is 0 Å². The molecule has 0 aliphatic carbocycles. The lowest BCUT2D eigenvalue weighted by Gasteiger charge is -2.25. The molecular weight excluding hydrogens is 264 g/mol. The summed E-state index contributed by atoms with van der Waals surface area (Å²) in [5.74, 6) is 0.0731. The third kappa shape index (κ3) is 4.71. The number of rotatable bonds is 6. The van der Waals surface area contributed by atoms with Crippen LogP contribution in [0.4, 0.5) is 0 Å². The predicted octanol–water partition coefficient (Wildman–Crippen LogP) is 0.457. The predicted molar refractivity (Wildman–Crippen MR) is 71.2 cm³/mol. The second-order valence-corrected chi connectivity index (χ2v) is 6.26. The number of methoxy groups -OCH3 is 1. The standard InChI is InChI=1S/C10H22N2O3S.ClH/c1-9(15-3)8-16(13,14)12-6-4-5-10(12)7-11-2;/h9-11H,4-8H2,1-3H3;1H. The quantitative estimate of drug-likeness (QED) is 0.771. The van der Waals surface area contributed by atoms with Crippen molar-refractivity contribution >= 4 is 22.4 Å². The number of hydrogen-bond acceptors (Lipinski definition) is 4. The molecule has 2 atom stereocenters. The first-order chi connectivity index (χ1) is 7.51. The number of likely N-dealkylation sites (N-methyl/N-ethyl adjacent to an activating group) is 1. The Morgan fingerprint density at radius 2 is 2.18 bits per heavy atom. The van der Waals surface area contributed by atoms with E-state index in [9.17, 15) is 8.42 Å². The summed E-state index contributed by atoms with van der Waals surface area (Å²) < 4.78 is 30.9. The molecule has 1 N–H and O–H groups in total. The summed E-state index contributed by atoms with van der Waals surface area (Å²) in [5.41, 5.74) is 0. The van der Waals surface area contributed by atoms with Crippen molar-refractivity contribution < 1.29 is 13.2 Å². The van der Waals surface area contributed by atoms with Crippen LogP contribution in [0.3, 0.4) is 0 Å². The molecule has 0 aromatic carbocycles. The molecule has 1 aliphatic heterocycles. The Morgan fingerprint density at radius 3 is 2.71 bits per heavy atom. The van der Waals surface area contributed by atoms with E-state index in [1.165, 1.54) is 7.11 Å². The Bertz CT molecular complexity index is 311. The van der Waals surface area contributed by atoms with Crippen LogP contribution < -0.4 is 5.32 Å². The van der Waals surface area contributed by atoms with Crippen LogP contribution in [0.2, 0.25) is 0 Å². The van der Waals surface area contributed by atoms with Crippen molar-refractivity contribution in [3.63, 3.8) is 0 Å². The molecule has 1 rings (SSSR count). The van der Waals surface area contributed by atoms with E-state index >= 15 is 0 Å². The molecule has 0 aromatic heterocycles. The normalized spacial score (nSPS) is 23.4. The third-order valence-electron chi connectivity index (χ3n) is 2.97. The van der Waals surface area contributed by atoms with Crippen LogP contribution in [0, 0.1) is 0 Å². The molecule has 17 heavy (non-hydrogen) atoms. The van der Waals surface area contributed by atoms with Crippen molar-refractivity contribution in [2.75, 3.05) is 33.0 Å². The van der Waals surface area contributed by atoms with Crippen LogP contribution >= 0.6 is 12.4 Å². The molecule has 2 unspecified atom stereocenters. The number of hydrogen-bond donors (Lipinski definition) is 1. The van der Waals surface area contributed by atoms with Gasteiger partial charge in [0.25, 0.3) is 0 Å². The average Bonchev–Trinajstić information content (AvgIpc) is 2.66. The van der Waals surface area contributed by atoms with Gasteiger partial charge in [-0.1, -0.05) is 0 Å². The Morgan fingerprint density at radius 1 is 1.53 bits per heavy atom. The van der Waals surface area contributed by atoms with Crippen LogP contribution in [0.15, 0.2) is 0 Å². The summed E-state index contributed by atoms with van der Waals surface area (Å²) in [6, 6.07) is 0.110. The topological polar surface area (TPSA) is 58.6 Å². The lowest BCUT2D eigenvalue weighted by molar-refractivity contribution is 0.135. The molecule has 1 saturated heterocycles. The van der Waals surface area contributed by atoms with Crippen molar-refractivity contribution in [3.05, 3.63) is 0 Å². The zero-order valence-electron chi connectivity index (χ0n) is 10.7. The lowest BCUT2D eigenvalue weighted by atomic mass is 10.2. The van der Waals surface area contributed by atoms with E-state index < -0.39 is 10.0 Å². The van der Waals surface area contributed by atoms with Gasteiger partial charge in [0.05, 0.1) is 11.9 Å². The summed E-state index contributed by atoms with van der Waals surface area (Å²) in [7, 11) is 0.211. The first-order valence-corrected chi connectivity index (χ1v) is 7.29. The maximum absolute atomic E-state index is 12.1. The molecule has 0 bridgehead atoms. The van der Waals surface area contributed by atoms with Gasteiger partial charge in [-0.25, -0.2) is 8.42 Å². The molecule has 1 heterocycles. The Balaban J connectivity index is 0.00000256. The SMILES string of the molecule is CNCC1CCCN1S(=O)(=O)CC(C)OC.Cl. The summed E-state index contributed by atoms with van der Waals surface area (Å²) >= 11 is 0. The van der Waals surface area contributed by atoms with Gasteiger partial charge >= 0.3 is 0 Å². The number of nitrogens with one attached hydrogen (secondary N) is 1. The Kier molecular flexibility index (Phi) is 7.58. The van der Waals surface area contributed by atoms with E-state index in [0.717, 1.165) is 19.4 Å². The monoisotopic (exact) mass is 286 g/mol. The van der Waals surface area contributed by atoms with E-state index in [1.807, 2.05) is 7.05 Å². The Labute approximate surface area is 110 Å². The number of halogens is 1. The summed E-state index contributed by atoms with van der Waals surface area (Å²) in [6.07, 6.45) is 1.65. The highest BCUT2D eigenvalue weighted by Gasteiger charge is 2.34. The highest BCUT2D eigenvalue weighted by molar-refractivity contribution is 7.89. The van der Waals surface area contributed by atoms with E-state index in [-0.39, 0.29) is 30.3 Å². The van der Waals surface area contributed by atoms with Crippen molar-refractivity contribution in [2.24, 2.45) is 0 Å². The number of ether oxygens (including phenoxy) is 1. The minimum atomic E-state index is -3.17. The van der Waals surface area contributed by atoms with Crippen molar-refractivity contribution in [2.45, 2.75) is 31.9 Å². The number of nitrogens with zero attached hydrogens (tertiary/aromatic N) is 1. The molecule has 104 valence electrons. The van der Waals surface area contributed by atoms with Gasteiger partial charge in [-0.15, -0.1) is 12.4 Å². The van der Waals surface area contributed by atoms with Gasteiger partial charge in [-0.3, -0.25) is 0 Å². The van der Waals surface area contributed by atoms with Crippen molar-refractivity contribution in [1.29, 1.82) is 0 Å². The van der Waals surface area contributed by atoms with Gasteiger partial charge in [0.15, 0.2) is 0 Å². The second kappa shape index (κ2) is 7.53. The number of sulfonamides is 1. The average molecular weight is 287 g/mol. The Hall–Kier alpha value is 0.120. The molecule has 1 aliphatic rings. The highest BCUT2D eigenvalue weighted by atomic mass is 35.5. The van der Waals surface area contributed by atoms with Crippen molar-refractivity contribution in [1.82, 2.24) is 9.62 Å². The van der Waals surface area contributed by atoms with Gasteiger partial charge in [0.2, 0.25) is 10.0 Å². The first-order valence-electron chi connectivity index (χ1n) is 5.68. The summed E-state index contributed by atoms with van der Waals surface area (Å²) in [5, 5.41) is 3.04. The van der Waals surface area contributed by atoms with E-state index in [4.69, 9.17) is 4.74 Å². The highest BCUT2D eigenvalue weighted by Crippen LogP contribution is 2.21. The zero-order valence-corrected chi connectivity index (χ0v) is 12.3. The molecule has 0 amide bonds. The second-order valence-electron chi connectivity index (χ2n) is 4.29. The van der Waals surface area contributed by atoms with Crippen LogP contribution in [-0.2, 0) is 14.8 Å². The van der Waals surface area contributed by atoms with Gasteiger partial charge in [0.1, 0.15) is 0 Å². The smallest absolute Gasteiger partial charge is 0.216 e. The zero-order chi connectivity index (χ0) is 12.2. The molecule has 0 radical (unpaired) electrons. The van der Waals surface area contributed by atoms with Gasteiger partial charge < -0.3 is 10.1 Å². The molecule has 5 nitrogen and oxygen atoms in total. The molecule has 0 saturated carbocycles. The van der Waals surface area contributed by atoms with Crippen LogP contribution in [0.1, 0.15) is 19.8 Å². The lowest BCUT2D eigenvalue weighted by Crippen LogP contribution is -2.43. The van der Waals surface area contributed by atoms with E-state index in [2.05, 4.69) is 5.32 Å². The van der Waals surface area contributed by atoms with Crippen molar-refractivity contribution in [3.8, 4) is 0 Å². The minimum absolute atomic E-state index is 0. The molecule has 0 aromatic rings.